The maximum absolute atomic E-state index is 14.9. The van der Waals surface area contributed by atoms with Crippen LogP contribution >= 0.6 is 0 Å². The molecule has 1 aromatic carbocycles. The zero-order chi connectivity index (χ0) is 22.1. The van der Waals surface area contributed by atoms with Crippen LogP contribution in [0.2, 0.25) is 0 Å². The summed E-state index contributed by atoms with van der Waals surface area (Å²) >= 11 is 0. The molecule has 8 heteroatoms. The molecule has 1 aliphatic carbocycles. The summed E-state index contributed by atoms with van der Waals surface area (Å²) in [7, 11) is 0. The van der Waals surface area contributed by atoms with Crippen molar-refractivity contribution in [1.29, 1.82) is 0 Å². The second-order valence-corrected chi connectivity index (χ2v) is 8.93. The summed E-state index contributed by atoms with van der Waals surface area (Å²) in [6.07, 6.45) is 6.77. The van der Waals surface area contributed by atoms with E-state index in [2.05, 4.69) is 10.1 Å². The molecular weight excluding hydrogens is 411 g/mol. The first kappa shape index (κ1) is 19.2. The molecule has 6 rings (SSSR count). The van der Waals surface area contributed by atoms with Gasteiger partial charge in [0.15, 0.2) is 5.60 Å². The number of fused-ring (bicyclic) bond motifs is 2. The smallest absolute Gasteiger partial charge is 0.341 e. The molecule has 2 aliphatic heterocycles. The van der Waals surface area contributed by atoms with Crippen LogP contribution in [0.3, 0.4) is 0 Å². The largest absolute Gasteiger partial charge is 0.449 e. The van der Waals surface area contributed by atoms with E-state index >= 15 is 0 Å². The van der Waals surface area contributed by atoms with E-state index in [9.17, 15) is 14.0 Å². The third-order valence-electron chi connectivity index (χ3n) is 6.97. The highest BCUT2D eigenvalue weighted by Crippen LogP contribution is 2.52. The van der Waals surface area contributed by atoms with Crippen molar-refractivity contribution in [3.8, 4) is 5.69 Å². The van der Waals surface area contributed by atoms with E-state index in [1.807, 2.05) is 19.1 Å². The van der Waals surface area contributed by atoms with E-state index < -0.39 is 22.8 Å². The Labute approximate surface area is 183 Å². The van der Waals surface area contributed by atoms with Crippen LogP contribution in [-0.4, -0.2) is 44.6 Å². The third kappa shape index (κ3) is 2.65. The first-order chi connectivity index (χ1) is 15.4. The van der Waals surface area contributed by atoms with E-state index in [1.165, 1.54) is 16.9 Å². The minimum absolute atomic E-state index is 0.0324. The molecule has 1 saturated heterocycles. The fourth-order valence-corrected chi connectivity index (χ4v) is 5.09. The average Bonchev–Trinajstić information content (AvgIpc) is 3.19. The van der Waals surface area contributed by atoms with Gasteiger partial charge in [0.1, 0.15) is 11.5 Å². The topological polar surface area (TPSA) is 77.3 Å². The summed E-state index contributed by atoms with van der Waals surface area (Å²) in [6.45, 7) is 2.65. The van der Waals surface area contributed by atoms with Gasteiger partial charge in [-0.05, 0) is 49.6 Å². The number of aromatic nitrogens is 3. The van der Waals surface area contributed by atoms with Gasteiger partial charge in [-0.15, -0.1) is 0 Å². The molecule has 3 aromatic rings. The number of carbonyl (C=O) groups excluding carboxylic acids is 2. The number of halogens is 1. The van der Waals surface area contributed by atoms with Gasteiger partial charge in [-0.3, -0.25) is 9.78 Å². The Hall–Kier alpha value is -3.55. The van der Waals surface area contributed by atoms with Crippen LogP contribution in [0, 0.1) is 12.7 Å². The van der Waals surface area contributed by atoms with Gasteiger partial charge in [-0.2, -0.15) is 5.10 Å². The van der Waals surface area contributed by atoms with Crippen LogP contribution in [0.5, 0.6) is 0 Å². The van der Waals surface area contributed by atoms with Crippen molar-refractivity contribution in [3.05, 3.63) is 77.1 Å². The maximum atomic E-state index is 14.9. The third-order valence-corrected chi connectivity index (χ3v) is 6.97. The first-order valence-electron chi connectivity index (χ1n) is 10.7. The normalized spacial score (nSPS) is 22.8. The zero-order valence-corrected chi connectivity index (χ0v) is 17.5. The van der Waals surface area contributed by atoms with Crippen LogP contribution in [0.1, 0.15) is 46.4 Å². The van der Waals surface area contributed by atoms with Crippen LogP contribution in [0.15, 0.2) is 48.9 Å². The molecule has 4 heterocycles. The summed E-state index contributed by atoms with van der Waals surface area (Å²) in [5.74, 6) is -0.834. The number of pyridine rings is 1. The van der Waals surface area contributed by atoms with Crippen molar-refractivity contribution < 1.29 is 18.7 Å². The number of hydrogen-bond donors (Lipinski definition) is 0. The summed E-state index contributed by atoms with van der Waals surface area (Å²) in [5.41, 5.74) is 1.57. The van der Waals surface area contributed by atoms with Gasteiger partial charge in [-0.1, -0.05) is 6.07 Å². The first-order valence-corrected chi connectivity index (χ1v) is 10.7. The number of carbonyl (C=O) groups is 2. The fraction of sp³-hybridized carbons (Fsp3) is 0.333. The molecule has 3 aliphatic rings. The second kappa shape index (κ2) is 6.48. The Balaban J connectivity index is 1.27. The van der Waals surface area contributed by atoms with Crippen molar-refractivity contribution in [2.45, 2.75) is 37.2 Å². The fourth-order valence-electron chi connectivity index (χ4n) is 5.09. The van der Waals surface area contributed by atoms with E-state index in [1.54, 1.807) is 29.4 Å². The Bertz CT molecular complexity index is 1280. The predicted octanol–water partition coefficient (Wildman–Crippen LogP) is 3.04. The predicted molar refractivity (Wildman–Crippen MR) is 112 cm³/mol. The SMILES string of the molecule is Cc1ccn(-c2ccc(C3(C(=O)N4CC[C@@]5(C4)OC(=O)c4cnccc45)CC3)cc2F)n1. The van der Waals surface area contributed by atoms with Gasteiger partial charge in [0.25, 0.3) is 0 Å². The molecule has 1 saturated carbocycles. The van der Waals surface area contributed by atoms with E-state index in [0.29, 0.717) is 49.2 Å². The highest BCUT2D eigenvalue weighted by molar-refractivity contribution is 5.95. The van der Waals surface area contributed by atoms with Gasteiger partial charge in [0.05, 0.1) is 23.2 Å². The number of benzene rings is 1. The Morgan fingerprint density at radius 3 is 2.75 bits per heavy atom. The number of esters is 1. The van der Waals surface area contributed by atoms with Crippen LogP contribution < -0.4 is 0 Å². The minimum atomic E-state index is -0.811. The number of hydrogen-bond acceptors (Lipinski definition) is 5. The molecule has 0 unspecified atom stereocenters. The van der Waals surface area contributed by atoms with E-state index in [0.717, 1.165) is 11.3 Å². The molecule has 162 valence electrons. The molecule has 0 bridgehead atoms. The van der Waals surface area contributed by atoms with Gasteiger partial charge in [0, 0.05) is 37.1 Å². The molecule has 1 spiro atoms. The lowest BCUT2D eigenvalue weighted by molar-refractivity contribution is -0.134. The molecule has 1 amide bonds. The zero-order valence-electron chi connectivity index (χ0n) is 17.5. The van der Waals surface area contributed by atoms with E-state index in [-0.39, 0.29) is 5.91 Å². The van der Waals surface area contributed by atoms with Crippen molar-refractivity contribution in [3.63, 3.8) is 0 Å². The number of amides is 1. The Morgan fingerprint density at radius 1 is 1.19 bits per heavy atom. The lowest BCUT2D eigenvalue weighted by Crippen LogP contribution is -2.40. The Kier molecular flexibility index (Phi) is 3.88. The summed E-state index contributed by atoms with van der Waals surface area (Å²) in [5, 5.41) is 4.27. The van der Waals surface area contributed by atoms with Crippen LogP contribution in [-0.2, 0) is 20.5 Å². The average molecular weight is 432 g/mol. The minimum Gasteiger partial charge on any atom is -0.449 e. The highest BCUT2D eigenvalue weighted by Gasteiger charge is 2.58. The summed E-state index contributed by atoms with van der Waals surface area (Å²) < 4.78 is 22.2. The lowest BCUT2D eigenvalue weighted by atomic mass is 9.92. The molecule has 1 atom stereocenters. The summed E-state index contributed by atoms with van der Waals surface area (Å²) in [4.78, 5) is 31.7. The molecule has 0 N–H and O–H groups in total. The number of nitrogens with zero attached hydrogens (tertiary/aromatic N) is 4. The lowest BCUT2D eigenvalue weighted by Gasteiger charge is -2.27. The number of rotatable bonds is 3. The van der Waals surface area contributed by atoms with Crippen molar-refractivity contribution >= 4 is 11.9 Å². The van der Waals surface area contributed by atoms with Gasteiger partial charge < -0.3 is 9.64 Å². The standard InChI is InChI=1S/C24H21FN4O3/c1-15-5-10-29(27-15)20-3-2-16(12-19(20)25)23(6-7-23)22(31)28-11-8-24(14-28)18-4-9-26-13-17(18)21(30)32-24/h2-5,9-10,12-13H,6-8,11,14H2,1H3/t24-/m0/s1. The van der Waals surface area contributed by atoms with Crippen molar-refractivity contribution in [2.24, 2.45) is 0 Å². The van der Waals surface area contributed by atoms with Gasteiger partial charge in [-0.25, -0.2) is 13.9 Å². The maximum Gasteiger partial charge on any atom is 0.341 e. The van der Waals surface area contributed by atoms with Gasteiger partial charge in [0.2, 0.25) is 5.91 Å². The second-order valence-electron chi connectivity index (χ2n) is 8.93. The molecule has 2 aromatic heterocycles. The van der Waals surface area contributed by atoms with Crippen molar-refractivity contribution in [1.82, 2.24) is 19.7 Å². The van der Waals surface area contributed by atoms with Crippen LogP contribution in [0.4, 0.5) is 4.39 Å². The Morgan fingerprint density at radius 2 is 2.03 bits per heavy atom. The number of ether oxygens (including phenoxy) is 1. The highest BCUT2D eigenvalue weighted by atomic mass is 19.1. The van der Waals surface area contributed by atoms with Crippen LogP contribution in [0.25, 0.3) is 5.69 Å². The summed E-state index contributed by atoms with van der Waals surface area (Å²) in [6, 6.07) is 8.57. The molecular formula is C24H21FN4O3. The van der Waals surface area contributed by atoms with Crippen molar-refractivity contribution in [2.75, 3.05) is 13.1 Å². The number of aryl methyl sites for hydroxylation is 1. The molecule has 0 radical (unpaired) electrons. The van der Waals surface area contributed by atoms with Gasteiger partial charge >= 0.3 is 5.97 Å². The molecule has 32 heavy (non-hydrogen) atoms. The monoisotopic (exact) mass is 432 g/mol. The quantitative estimate of drug-likeness (QED) is 0.595. The van der Waals surface area contributed by atoms with E-state index in [4.69, 9.17) is 4.74 Å². The molecule has 2 fully saturated rings. The number of likely N-dealkylation sites (tertiary alicyclic amines) is 1. The molecule has 7 nitrogen and oxygen atoms in total.